The highest BCUT2D eigenvalue weighted by atomic mass is 79.9. The van der Waals surface area contributed by atoms with Crippen molar-refractivity contribution < 1.29 is 11.6 Å². The summed E-state index contributed by atoms with van der Waals surface area (Å²) < 4.78 is 35.0. The topological polar surface area (TPSA) is 54.9 Å². The van der Waals surface area contributed by atoms with E-state index in [1.807, 2.05) is 0 Å². The molecule has 0 unspecified atom stereocenters. The van der Waals surface area contributed by atoms with Gasteiger partial charge in [-0.3, -0.25) is 4.79 Å². The maximum Gasteiger partial charge on any atom is 0.271 e. The first-order valence-corrected chi connectivity index (χ1v) is 3.33. The van der Waals surface area contributed by atoms with Crippen LogP contribution in [0, 0.1) is 0 Å². The summed E-state index contributed by atoms with van der Waals surface area (Å²) in [7, 11) is 0. The van der Waals surface area contributed by atoms with E-state index in [4.69, 9.17) is 6.85 Å². The van der Waals surface area contributed by atoms with Gasteiger partial charge in [0, 0.05) is 11.1 Å². The Kier molecular flexibility index (Phi) is 1.13. The molecule has 1 aromatic heterocycles. The number of carbonyl (C=O) groups excluding carboxylic acids is 1. The maximum atomic E-state index is 11.4. The number of hydrogen-bond donors (Lipinski definition) is 1. The third-order valence-corrected chi connectivity index (χ3v) is 1.20. The predicted octanol–water partition coefficient (Wildman–Crippen LogP) is 0.599. The standard InChI is InChI=1S/C6H6BrN3O/c1-8-6(11)4-2-10-5(7)3-9-4/h2-3H,1H3,(H,8,11)/i1D3,2D,3D. The van der Waals surface area contributed by atoms with Crippen LogP contribution in [0.4, 0.5) is 0 Å². The monoisotopic (exact) mass is 220 g/mol. The van der Waals surface area contributed by atoms with Gasteiger partial charge in [0.1, 0.15) is 10.3 Å². The molecule has 1 rings (SSSR count). The minimum absolute atomic E-state index is 0.0166. The molecule has 5 heteroatoms. The molecular formula is C6H6BrN3O. The zero-order chi connectivity index (χ0) is 12.5. The van der Waals surface area contributed by atoms with Gasteiger partial charge in [0.25, 0.3) is 5.91 Å². The molecule has 1 aromatic rings. The second-order valence-electron chi connectivity index (χ2n) is 1.54. The number of nitrogens with one attached hydrogen (secondary N) is 1. The molecule has 4 nitrogen and oxygen atoms in total. The van der Waals surface area contributed by atoms with Gasteiger partial charge in [-0.05, 0) is 15.9 Å². The summed E-state index contributed by atoms with van der Waals surface area (Å²) in [4.78, 5) is 18.3. The van der Waals surface area contributed by atoms with Crippen molar-refractivity contribution in [3.8, 4) is 0 Å². The summed E-state index contributed by atoms with van der Waals surface area (Å²) in [6.07, 6.45) is -0.837. The van der Waals surface area contributed by atoms with Crippen LogP contribution in [0.15, 0.2) is 16.9 Å². The normalized spacial score (nSPS) is 17.0. The Bertz CT molecular complexity index is 435. The highest BCUT2D eigenvalue weighted by Gasteiger charge is 2.03. The van der Waals surface area contributed by atoms with Crippen molar-refractivity contribution in [1.29, 1.82) is 0 Å². The van der Waals surface area contributed by atoms with E-state index < -0.39 is 24.7 Å². The van der Waals surface area contributed by atoms with E-state index in [9.17, 15) is 4.79 Å². The summed E-state index contributed by atoms with van der Waals surface area (Å²) in [6.45, 7) is -2.67. The van der Waals surface area contributed by atoms with E-state index in [1.165, 1.54) is 0 Å². The predicted molar refractivity (Wildman–Crippen MR) is 43.1 cm³/mol. The first kappa shape index (κ1) is 3.62. The largest absolute Gasteiger partial charge is 0.354 e. The lowest BCUT2D eigenvalue weighted by atomic mass is 10.4. The Morgan fingerprint density at radius 3 is 3.36 bits per heavy atom. The van der Waals surface area contributed by atoms with E-state index in [0.717, 1.165) is 0 Å². The van der Waals surface area contributed by atoms with Gasteiger partial charge in [0.2, 0.25) is 0 Å². The van der Waals surface area contributed by atoms with Gasteiger partial charge in [-0.2, -0.15) is 0 Å². The zero-order valence-electron chi connectivity index (χ0n) is 10.2. The molecule has 0 spiro atoms. The Morgan fingerprint density at radius 1 is 1.82 bits per heavy atom. The average Bonchev–Trinajstić information content (AvgIpc) is 2.08. The Hall–Kier alpha value is -0.970. The van der Waals surface area contributed by atoms with Crippen LogP contribution in [0.5, 0.6) is 0 Å². The third-order valence-electron chi connectivity index (χ3n) is 0.849. The maximum absolute atomic E-state index is 11.4. The van der Waals surface area contributed by atoms with Crippen molar-refractivity contribution >= 4 is 21.8 Å². The number of nitrogens with zero attached hydrogens (tertiary/aromatic N) is 2. The molecule has 1 N–H and O–H groups in total. The van der Waals surface area contributed by atoms with Gasteiger partial charge in [-0.1, -0.05) is 0 Å². The Balaban J connectivity index is 3.05. The second kappa shape index (κ2) is 3.43. The third kappa shape index (κ3) is 1.98. The first-order valence-electron chi connectivity index (χ1n) is 5.04. The van der Waals surface area contributed by atoms with Gasteiger partial charge >= 0.3 is 0 Å². The Morgan fingerprint density at radius 2 is 2.64 bits per heavy atom. The molecule has 0 aliphatic rings. The van der Waals surface area contributed by atoms with Gasteiger partial charge in [-0.25, -0.2) is 9.97 Å². The van der Waals surface area contributed by atoms with Crippen LogP contribution in [0.1, 0.15) is 17.3 Å². The smallest absolute Gasteiger partial charge is 0.271 e. The second-order valence-corrected chi connectivity index (χ2v) is 2.29. The highest BCUT2D eigenvalue weighted by Crippen LogP contribution is 2.01. The van der Waals surface area contributed by atoms with E-state index >= 15 is 0 Å². The molecule has 1 amide bonds. The van der Waals surface area contributed by atoms with Crippen LogP contribution < -0.4 is 5.32 Å². The molecule has 0 aliphatic heterocycles. The molecule has 0 aliphatic carbocycles. The molecule has 0 bridgehead atoms. The lowest BCUT2D eigenvalue weighted by Gasteiger charge is -1.96. The highest BCUT2D eigenvalue weighted by molar-refractivity contribution is 9.10. The van der Waals surface area contributed by atoms with Crippen molar-refractivity contribution in [2.24, 2.45) is 0 Å². The first-order chi connectivity index (χ1) is 7.20. The molecule has 0 radical (unpaired) electrons. The number of aromatic nitrogens is 2. The van der Waals surface area contributed by atoms with Crippen LogP contribution in [0.2, 0.25) is 0 Å². The molecule has 1 heterocycles. The molecule has 0 saturated carbocycles. The van der Waals surface area contributed by atoms with Crippen LogP contribution in [-0.2, 0) is 0 Å². The summed E-state index contributed by atoms with van der Waals surface area (Å²) in [5.74, 6) is -1.06. The molecular weight excluding hydrogens is 210 g/mol. The van der Waals surface area contributed by atoms with E-state index in [1.54, 1.807) is 5.32 Å². The van der Waals surface area contributed by atoms with Crippen LogP contribution in [-0.4, -0.2) is 22.9 Å². The fourth-order valence-electron chi connectivity index (χ4n) is 0.415. The summed E-state index contributed by atoms with van der Waals surface area (Å²) in [6, 6.07) is 0. The molecule has 0 atom stereocenters. The minimum Gasteiger partial charge on any atom is -0.354 e. The number of halogens is 1. The van der Waals surface area contributed by atoms with Crippen molar-refractivity contribution in [2.75, 3.05) is 6.98 Å². The van der Waals surface area contributed by atoms with Crippen molar-refractivity contribution in [1.82, 2.24) is 15.3 Å². The van der Waals surface area contributed by atoms with Crippen LogP contribution >= 0.6 is 15.9 Å². The van der Waals surface area contributed by atoms with Crippen LogP contribution in [0.25, 0.3) is 0 Å². The fourth-order valence-corrected chi connectivity index (χ4v) is 0.592. The van der Waals surface area contributed by atoms with Gasteiger partial charge in [0.15, 0.2) is 0 Å². The molecule has 58 valence electrons. The van der Waals surface area contributed by atoms with Crippen molar-refractivity contribution in [3.63, 3.8) is 0 Å². The SMILES string of the molecule is [2H]c1nc(C(=O)NC([2H])([2H])[2H])c([2H])nc1Br. The van der Waals surface area contributed by atoms with E-state index in [0.29, 0.717) is 0 Å². The van der Waals surface area contributed by atoms with Gasteiger partial charge < -0.3 is 5.32 Å². The number of rotatable bonds is 1. The lowest BCUT2D eigenvalue weighted by molar-refractivity contribution is 0.0957. The van der Waals surface area contributed by atoms with Gasteiger partial charge in [0.05, 0.1) is 15.1 Å². The van der Waals surface area contributed by atoms with E-state index in [-0.39, 0.29) is 10.8 Å². The Labute approximate surface area is 79.2 Å². The zero-order valence-corrected chi connectivity index (χ0v) is 6.77. The number of amides is 1. The van der Waals surface area contributed by atoms with Gasteiger partial charge in [-0.15, -0.1) is 0 Å². The summed E-state index contributed by atoms with van der Waals surface area (Å²) in [5, 5.41) is 1.66. The fraction of sp³-hybridized carbons (Fsp3) is 0.167. The van der Waals surface area contributed by atoms with Crippen molar-refractivity contribution in [2.45, 2.75) is 0 Å². The average molecular weight is 221 g/mol. The van der Waals surface area contributed by atoms with Crippen LogP contribution in [0.3, 0.4) is 0 Å². The minimum atomic E-state index is -2.67. The van der Waals surface area contributed by atoms with Crippen molar-refractivity contribution in [3.05, 3.63) is 22.6 Å². The molecule has 0 fully saturated rings. The lowest BCUT2D eigenvalue weighted by Crippen LogP contribution is -2.19. The summed E-state index contributed by atoms with van der Waals surface area (Å²) in [5.41, 5.74) is -0.496. The molecule has 0 saturated heterocycles. The van der Waals surface area contributed by atoms with E-state index in [2.05, 4.69) is 25.9 Å². The quantitative estimate of drug-likeness (QED) is 0.755. The summed E-state index contributed by atoms with van der Waals surface area (Å²) >= 11 is 2.87. The molecule has 0 aromatic carbocycles. The number of carbonyl (C=O) groups is 1. The molecule has 11 heavy (non-hydrogen) atoms. The number of hydrogen-bond acceptors (Lipinski definition) is 3.